The molecule has 0 bridgehead atoms. The highest BCUT2D eigenvalue weighted by Gasteiger charge is 2.25. The number of nitrogens with zero attached hydrogens (tertiary/aromatic N) is 5. The van der Waals surface area contributed by atoms with E-state index in [0.29, 0.717) is 18.5 Å². The zero-order chi connectivity index (χ0) is 26.6. The summed E-state index contributed by atoms with van der Waals surface area (Å²) in [5, 5.41) is 11.1. The first-order valence-electron chi connectivity index (χ1n) is 13.9. The Morgan fingerprint density at radius 3 is 2.63 bits per heavy atom. The van der Waals surface area contributed by atoms with Crippen LogP contribution < -0.4 is 21.1 Å². The fourth-order valence-corrected chi connectivity index (χ4v) is 5.27. The van der Waals surface area contributed by atoms with Crippen LogP contribution in [0.1, 0.15) is 69.4 Å². The number of likely N-dealkylation sites (tertiary alicyclic amines) is 1. The summed E-state index contributed by atoms with van der Waals surface area (Å²) in [6, 6.07) is 8.51. The van der Waals surface area contributed by atoms with Crippen LogP contribution in [0.3, 0.4) is 0 Å². The number of hydrogen-bond donors (Lipinski definition) is 3. The minimum Gasteiger partial charge on any atom is -0.460 e. The lowest BCUT2D eigenvalue weighted by Crippen LogP contribution is -2.36. The Morgan fingerprint density at radius 2 is 1.89 bits per heavy atom. The van der Waals surface area contributed by atoms with Crippen molar-refractivity contribution in [1.29, 1.82) is 0 Å². The van der Waals surface area contributed by atoms with E-state index in [2.05, 4.69) is 41.5 Å². The molecule has 4 N–H and O–H groups in total. The maximum atomic E-state index is 12.8. The van der Waals surface area contributed by atoms with Gasteiger partial charge in [-0.15, -0.1) is 0 Å². The minimum atomic E-state index is 0.0313. The second-order valence-electron chi connectivity index (χ2n) is 11.1. The number of nitrogens with two attached hydrogens (primary N) is 1. The number of fused-ring (bicyclic) bond motifs is 1. The average molecular weight is 521 g/mol. The minimum absolute atomic E-state index is 0.0313. The number of anilines is 2. The van der Waals surface area contributed by atoms with E-state index in [4.69, 9.17) is 20.4 Å². The first kappa shape index (κ1) is 26.4. The van der Waals surface area contributed by atoms with Gasteiger partial charge in [-0.1, -0.05) is 26.0 Å². The van der Waals surface area contributed by atoms with E-state index in [1.165, 1.54) is 0 Å². The molecule has 2 fully saturated rings. The van der Waals surface area contributed by atoms with Gasteiger partial charge in [-0.3, -0.25) is 4.79 Å². The molecule has 204 valence electrons. The van der Waals surface area contributed by atoms with Crippen molar-refractivity contribution < 1.29 is 9.53 Å². The fraction of sp³-hybridized carbons (Fsp3) is 0.571. The SMILES string of the molecule is CC(C)c1cnn2c(NCc3cccc(NC(=O)C4CCC(N)CC4)c3)nc(OC3CCN(C)CC3)nc12. The van der Waals surface area contributed by atoms with Crippen LogP contribution in [-0.2, 0) is 11.3 Å². The molecule has 0 spiro atoms. The number of ether oxygens (including phenoxy) is 1. The second kappa shape index (κ2) is 11.7. The van der Waals surface area contributed by atoms with Crippen molar-refractivity contribution in [2.24, 2.45) is 11.7 Å². The topological polar surface area (TPSA) is 123 Å². The Kier molecular flexibility index (Phi) is 8.09. The van der Waals surface area contributed by atoms with E-state index < -0.39 is 0 Å². The highest BCUT2D eigenvalue weighted by molar-refractivity contribution is 5.92. The fourth-order valence-electron chi connectivity index (χ4n) is 5.27. The highest BCUT2D eigenvalue weighted by Crippen LogP contribution is 2.26. The zero-order valence-electron chi connectivity index (χ0n) is 22.7. The molecule has 38 heavy (non-hydrogen) atoms. The summed E-state index contributed by atoms with van der Waals surface area (Å²) in [5.41, 5.74) is 9.63. The van der Waals surface area contributed by atoms with Crippen molar-refractivity contribution in [3.05, 3.63) is 41.6 Å². The van der Waals surface area contributed by atoms with Gasteiger partial charge in [0.25, 0.3) is 0 Å². The van der Waals surface area contributed by atoms with Crippen LogP contribution in [0, 0.1) is 5.92 Å². The van der Waals surface area contributed by atoms with Crippen LogP contribution >= 0.6 is 0 Å². The lowest BCUT2D eigenvalue weighted by atomic mass is 9.86. The summed E-state index contributed by atoms with van der Waals surface area (Å²) in [6.07, 6.45) is 7.38. The summed E-state index contributed by atoms with van der Waals surface area (Å²) in [7, 11) is 2.13. The number of piperidine rings is 1. The summed E-state index contributed by atoms with van der Waals surface area (Å²) in [6.45, 7) is 6.78. The Bertz CT molecular complexity index is 1240. The van der Waals surface area contributed by atoms with Crippen LogP contribution in [0.15, 0.2) is 30.5 Å². The molecule has 2 aliphatic rings. The molecule has 10 heteroatoms. The molecule has 2 aromatic heterocycles. The lowest BCUT2D eigenvalue weighted by Gasteiger charge is -2.28. The number of benzene rings is 1. The number of amides is 1. The molecule has 1 saturated carbocycles. The van der Waals surface area contributed by atoms with Gasteiger partial charge in [0.1, 0.15) is 6.10 Å². The number of rotatable bonds is 8. The molecular weight excluding hydrogens is 480 g/mol. The molecule has 1 aliphatic carbocycles. The summed E-state index contributed by atoms with van der Waals surface area (Å²) in [5.74, 6) is 0.959. The van der Waals surface area contributed by atoms with E-state index in [0.717, 1.165) is 74.1 Å². The summed E-state index contributed by atoms with van der Waals surface area (Å²) < 4.78 is 8.00. The second-order valence-corrected chi connectivity index (χ2v) is 11.1. The standard InChI is InChI=1S/C28H40N8O2/c1-18(2)24-17-31-36-25(24)33-28(38-23-11-13-35(3)14-12-23)34-27(36)30-16-19-5-4-6-22(15-19)32-26(37)20-7-9-21(29)10-8-20/h4-6,15,17-18,20-21,23H,7-14,16,29H2,1-3H3,(H,32,37)(H,30,33,34). The number of aromatic nitrogens is 4. The molecule has 10 nitrogen and oxygen atoms in total. The van der Waals surface area contributed by atoms with E-state index in [1.54, 1.807) is 4.52 Å². The maximum absolute atomic E-state index is 12.8. The molecule has 3 heterocycles. The van der Waals surface area contributed by atoms with Crippen LogP contribution in [0.25, 0.3) is 5.65 Å². The zero-order valence-corrected chi connectivity index (χ0v) is 22.7. The molecule has 1 aromatic carbocycles. The van der Waals surface area contributed by atoms with Crippen molar-refractivity contribution in [3.63, 3.8) is 0 Å². The van der Waals surface area contributed by atoms with Crippen molar-refractivity contribution in [2.75, 3.05) is 30.8 Å². The van der Waals surface area contributed by atoms with Crippen LogP contribution in [0.2, 0.25) is 0 Å². The molecule has 0 atom stereocenters. The maximum Gasteiger partial charge on any atom is 0.322 e. The van der Waals surface area contributed by atoms with E-state index in [1.807, 2.05) is 30.5 Å². The molecule has 0 unspecified atom stereocenters. The first-order valence-corrected chi connectivity index (χ1v) is 13.9. The molecule has 0 radical (unpaired) electrons. The van der Waals surface area contributed by atoms with Gasteiger partial charge in [0.05, 0.1) is 6.20 Å². The number of nitrogens with one attached hydrogen (secondary N) is 2. The molecular formula is C28H40N8O2. The van der Waals surface area contributed by atoms with Crippen molar-refractivity contribution in [2.45, 2.75) is 77.0 Å². The molecule has 1 aliphatic heterocycles. The number of carbonyl (C=O) groups is 1. The summed E-state index contributed by atoms with van der Waals surface area (Å²) >= 11 is 0. The predicted octanol–water partition coefficient (Wildman–Crippen LogP) is 3.79. The van der Waals surface area contributed by atoms with Crippen LogP contribution in [0.5, 0.6) is 6.01 Å². The van der Waals surface area contributed by atoms with Crippen molar-refractivity contribution in [1.82, 2.24) is 24.5 Å². The quantitative estimate of drug-likeness (QED) is 0.410. The van der Waals surface area contributed by atoms with E-state index in [-0.39, 0.29) is 29.9 Å². The van der Waals surface area contributed by atoms with Gasteiger partial charge in [0, 0.05) is 42.8 Å². The van der Waals surface area contributed by atoms with Gasteiger partial charge < -0.3 is 26.0 Å². The van der Waals surface area contributed by atoms with Gasteiger partial charge in [-0.25, -0.2) is 0 Å². The monoisotopic (exact) mass is 520 g/mol. The molecule has 1 amide bonds. The third-order valence-corrected chi connectivity index (χ3v) is 7.72. The van der Waals surface area contributed by atoms with E-state index in [9.17, 15) is 4.79 Å². The van der Waals surface area contributed by atoms with Crippen LogP contribution in [0.4, 0.5) is 11.6 Å². The van der Waals surface area contributed by atoms with Crippen molar-refractivity contribution >= 4 is 23.2 Å². The Balaban J connectivity index is 1.30. The normalized spacial score (nSPS) is 21.1. The predicted molar refractivity (Wildman–Crippen MR) is 148 cm³/mol. The Labute approximate surface area is 224 Å². The third kappa shape index (κ3) is 6.24. The van der Waals surface area contributed by atoms with Crippen LogP contribution in [-0.4, -0.2) is 62.7 Å². The van der Waals surface area contributed by atoms with Gasteiger partial charge in [-0.05, 0) is 69.2 Å². The Morgan fingerprint density at radius 1 is 1.13 bits per heavy atom. The lowest BCUT2D eigenvalue weighted by molar-refractivity contribution is -0.120. The average Bonchev–Trinajstić information content (AvgIpc) is 3.34. The van der Waals surface area contributed by atoms with Gasteiger partial charge >= 0.3 is 6.01 Å². The molecule has 1 saturated heterocycles. The largest absolute Gasteiger partial charge is 0.460 e. The Hall–Kier alpha value is -3.24. The van der Waals surface area contributed by atoms with E-state index >= 15 is 0 Å². The highest BCUT2D eigenvalue weighted by atomic mass is 16.5. The van der Waals surface area contributed by atoms with Gasteiger partial charge in [0.15, 0.2) is 5.65 Å². The van der Waals surface area contributed by atoms with Crippen molar-refractivity contribution in [3.8, 4) is 6.01 Å². The smallest absolute Gasteiger partial charge is 0.322 e. The number of carbonyl (C=O) groups excluding carboxylic acids is 1. The summed E-state index contributed by atoms with van der Waals surface area (Å²) in [4.78, 5) is 24.5. The third-order valence-electron chi connectivity index (χ3n) is 7.72. The van der Waals surface area contributed by atoms with Gasteiger partial charge in [0.2, 0.25) is 11.9 Å². The first-order chi connectivity index (χ1) is 18.4. The number of hydrogen-bond acceptors (Lipinski definition) is 8. The molecule has 3 aromatic rings. The van der Waals surface area contributed by atoms with Gasteiger partial charge in [-0.2, -0.15) is 19.6 Å². The molecule has 5 rings (SSSR count).